The predicted molar refractivity (Wildman–Crippen MR) is 162 cm³/mol. The van der Waals surface area contributed by atoms with Crippen molar-refractivity contribution in [3.63, 3.8) is 0 Å². The molecule has 0 aromatic heterocycles. The maximum Gasteiger partial charge on any atom is 0.258 e. The summed E-state index contributed by atoms with van der Waals surface area (Å²) >= 11 is 6.19. The number of nitrogens with zero attached hydrogens (tertiary/aromatic N) is 2. The second-order valence-corrected chi connectivity index (χ2v) is 10.4. The van der Waals surface area contributed by atoms with Gasteiger partial charge in [0.1, 0.15) is 0 Å². The summed E-state index contributed by atoms with van der Waals surface area (Å²) < 4.78 is 0. The van der Waals surface area contributed by atoms with E-state index in [0.29, 0.717) is 35.1 Å². The minimum Gasteiger partial charge on any atom is -0.354 e. The molecule has 3 aromatic carbocycles. The molecule has 8 nitrogen and oxygen atoms in total. The van der Waals surface area contributed by atoms with Gasteiger partial charge in [-0.3, -0.25) is 14.4 Å². The second-order valence-electron chi connectivity index (χ2n) is 10.0. The number of carbonyl (C=O) groups is 3. The Bertz CT molecular complexity index is 1450. The lowest BCUT2D eigenvalue weighted by Gasteiger charge is -2.23. The molecule has 0 bridgehead atoms. The summed E-state index contributed by atoms with van der Waals surface area (Å²) in [5.74, 6) is -0.382. The molecule has 3 N–H and O–H groups in total. The molecule has 9 heteroatoms. The van der Waals surface area contributed by atoms with Gasteiger partial charge in [-0.2, -0.15) is 0 Å². The van der Waals surface area contributed by atoms with Gasteiger partial charge in [0.2, 0.25) is 11.8 Å². The van der Waals surface area contributed by atoms with E-state index in [2.05, 4.69) is 20.9 Å². The maximum absolute atomic E-state index is 13.3. The monoisotopic (exact) mass is 559 g/mol. The number of nitrogens with one attached hydrogen (secondary N) is 3. The Morgan fingerprint density at radius 3 is 2.38 bits per heavy atom. The fourth-order valence-corrected chi connectivity index (χ4v) is 4.79. The number of amides is 3. The van der Waals surface area contributed by atoms with Crippen LogP contribution in [-0.2, 0) is 20.9 Å². The Morgan fingerprint density at radius 1 is 0.950 bits per heavy atom. The van der Waals surface area contributed by atoms with E-state index in [1.54, 1.807) is 24.0 Å². The topological polar surface area (TPSA) is 93.8 Å². The van der Waals surface area contributed by atoms with Gasteiger partial charge in [-0.1, -0.05) is 35.9 Å². The van der Waals surface area contributed by atoms with Gasteiger partial charge in [0, 0.05) is 48.9 Å². The lowest BCUT2D eigenvalue weighted by atomic mass is 9.98. The van der Waals surface area contributed by atoms with Crippen molar-refractivity contribution in [1.82, 2.24) is 10.2 Å². The first kappa shape index (κ1) is 28.9. The highest BCUT2D eigenvalue weighted by Gasteiger charge is 2.29. The van der Waals surface area contributed by atoms with Gasteiger partial charge in [0.25, 0.3) is 5.91 Å². The molecule has 208 valence electrons. The summed E-state index contributed by atoms with van der Waals surface area (Å²) in [6, 6.07) is 20.6. The number of hydrogen-bond donors (Lipinski definition) is 3. The number of carbonyl (C=O) groups excluding carboxylic acids is 3. The first-order valence-corrected chi connectivity index (χ1v) is 13.5. The summed E-state index contributed by atoms with van der Waals surface area (Å²) in [5, 5.41) is 9.73. The molecule has 0 unspecified atom stereocenters. The van der Waals surface area contributed by atoms with Crippen molar-refractivity contribution in [1.29, 1.82) is 0 Å². The van der Waals surface area contributed by atoms with Crippen LogP contribution in [0.25, 0.3) is 11.3 Å². The van der Waals surface area contributed by atoms with Crippen molar-refractivity contribution < 1.29 is 14.4 Å². The van der Waals surface area contributed by atoms with Crippen molar-refractivity contribution in [3.8, 4) is 0 Å². The molecule has 3 amide bonds. The number of anilines is 3. The molecule has 1 heterocycles. The van der Waals surface area contributed by atoms with Crippen LogP contribution in [0.3, 0.4) is 0 Å². The van der Waals surface area contributed by atoms with Gasteiger partial charge in [0.15, 0.2) is 0 Å². The summed E-state index contributed by atoms with van der Waals surface area (Å²) in [5.41, 5.74) is 5.73. The summed E-state index contributed by atoms with van der Waals surface area (Å²) in [6.45, 7) is 4.92. The van der Waals surface area contributed by atoms with Crippen LogP contribution >= 0.6 is 11.6 Å². The Morgan fingerprint density at radius 2 is 1.70 bits per heavy atom. The highest BCUT2D eigenvalue weighted by Crippen LogP contribution is 2.39. The number of fused-ring (bicyclic) bond motifs is 1. The summed E-state index contributed by atoms with van der Waals surface area (Å²) in [4.78, 5) is 40.9. The van der Waals surface area contributed by atoms with Crippen LogP contribution in [0, 0.1) is 0 Å². The Labute approximate surface area is 240 Å². The quantitative estimate of drug-likeness (QED) is 0.296. The van der Waals surface area contributed by atoms with Crippen LogP contribution in [0.5, 0.6) is 0 Å². The predicted octanol–water partition coefficient (Wildman–Crippen LogP) is 5.21. The maximum atomic E-state index is 13.3. The third-order valence-electron chi connectivity index (χ3n) is 6.55. The largest absolute Gasteiger partial charge is 0.354 e. The normalized spacial score (nSPS) is 13.5. The minimum atomic E-state index is -0.243. The van der Waals surface area contributed by atoms with Crippen LogP contribution in [0.15, 0.2) is 66.7 Å². The Hall–Kier alpha value is -4.14. The van der Waals surface area contributed by atoms with E-state index >= 15 is 0 Å². The lowest BCUT2D eigenvalue weighted by molar-refractivity contribution is -0.119. The van der Waals surface area contributed by atoms with E-state index < -0.39 is 0 Å². The Balaban J connectivity index is 1.71. The Kier molecular flexibility index (Phi) is 9.24. The molecule has 3 aromatic rings. The molecule has 0 saturated heterocycles. The van der Waals surface area contributed by atoms with Gasteiger partial charge in [-0.25, -0.2) is 0 Å². The average Bonchev–Trinajstić information content (AvgIpc) is 3.23. The third-order valence-corrected chi connectivity index (χ3v) is 6.78. The van der Waals surface area contributed by atoms with Crippen LogP contribution in [0.2, 0.25) is 5.02 Å². The summed E-state index contributed by atoms with van der Waals surface area (Å²) in [7, 11) is 4.02. The molecular weight excluding hydrogens is 526 g/mol. The molecule has 4 rings (SSSR count). The van der Waals surface area contributed by atoms with Crippen molar-refractivity contribution >= 4 is 57.7 Å². The number of benzene rings is 3. The van der Waals surface area contributed by atoms with Gasteiger partial charge in [-0.05, 0) is 80.7 Å². The SMILES string of the molecule is CC(=O)NCc1cccc(/C(Nc2ccc(N(CCCN(C)C)C(C)=O)cc2)=C2/C(=O)Nc3cc(Cl)ccc32)c1. The number of rotatable bonds is 10. The zero-order valence-electron chi connectivity index (χ0n) is 23.2. The first-order chi connectivity index (χ1) is 19.1. The van der Waals surface area contributed by atoms with Crippen LogP contribution in [0.1, 0.15) is 37.0 Å². The molecule has 1 aliphatic rings. The van der Waals surface area contributed by atoms with E-state index in [1.165, 1.54) is 6.92 Å². The molecule has 0 radical (unpaired) electrons. The molecule has 0 aliphatic carbocycles. The smallest absolute Gasteiger partial charge is 0.258 e. The van der Waals surface area contributed by atoms with Crippen LogP contribution in [0.4, 0.5) is 17.1 Å². The lowest BCUT2D eigenvalue weighted by Crippen LogP contribution is -2.31. The standard InChI is InChI=1S/C31H34ClN5O3/c1-20(38)33-19-22-7-5-8-23(17-22)30(29-27-14-9-24(32)18-28(27)35-31(29)40)34-25-10-12-26(13-11-25)37(21(2)39)16-6-15-36(3)4/h5,7-14,17-18,34H,6,15-16,19H2,1-4H3,(H,33,38)(H,35,40)/b30-29-. The molecule has 40 heavy (non-hydrogen) atoms. The molecule has 0 saturated carbocycles. The van der Waals surface area contributed by atoms with Crippen molar-refractivity contribution in [2.45, 2.75) is 26.8 Å². The van der Waals surface area contributed by atoms with Gasteiger partial charge in [0.05, 0.1) is 17.0 Å². The van der Waals surface area contributed by atoms with Gasteiger partial charge in [-0.15, -0.1) is 0 Å². The fourth-order valence-electron chi connectivity index (χ4n) is 4.62. The molecular formula is C31H34ClN5O3. The van der Waals surface area contributed by atoms with E-state index in [0.717, 1.165) is 41.0 Å². The molecule has 0 spiro atoms. The van der Waals surface area contributed by atoms with Crippen LogP contribution in [-0.4, -0.2) is 49.8 Å². The zero-order valence-corrected chi connectivity index (χ0v) is 23.9. The third kappa shape index (κ3) is 7.08. The van der Waals surface area contributed by atoms with Crippen molar-refractivity contribution in [2.75, 3.05) is 42.7 Å². The fraction of sp³-hybridized carbons (Fsp3) is 0.258. The summed E-state index contributed by atoms with van der Waals surface area (Å²) in [6.07, 6.45) is 0.857. The second kappa shape index (κ2) is 12.8. The van der Waals surface area contributed by atoms with Gasteiger partial charge >= 0.3 is 0 Å². The van der Waals surface area contributed by atoms with E-state index in [1.807, 2.05) is 68.7 Å². The van der Waals surface area contributed by atoms with E-state index in [-0.39, 0.29) is 17.7 Å². The highest BCUT2D eigenvalue weighted by molar-refractivity contribution is 6.38. The number of hydrogen-bond acceptors (Lipinski definition) is 5. The molecule has 0 fully saturated rings. The zero-order chi connectivity index (χ0) is 28.8. The van der Waals surface area contributed by atoms with Crippen LogP contribution < -0.4 is 20.9 Å². The number of halogens is 1. The van der Waals surface area contributed by atoms with E-state index in [9.17, 15) is 14.4 Å². The van der Waals surface area contributed by atoms with Gasteiger partial charge < -0.3 is 25.8 Å². The minimum absolute atomic E-state index is 0.0175. The van der Waals surface area contributed by atoms with E-state index in [4.69, 9.17) is 11.6 Å². The average molecular weight is 560 g/mol. The molecule has 1 aliphatic heterocycles. The van der Waals surface area contributed by atoms with Crippen molar-refractivity contribution in [3.05, 3.63) is 88.4 Å². The highest BCUT2D eigenvalue weighted by atomic mass is 35.5. The van der Waals surface area contributed by atoms with Crippen molar-refractivity contribution in [2.24, 2.45) is 0 Å². The molecule has 0 atom stereocenters. The first-order valence-electron chi connectivity index (χ1n) is 13.1.